The van der Waals surface area contributed by atoms with Gasteiger partial charge in [0.1, 0.15) is 11.8 Å². The molecule has 0 radical (unpaired) electrons. The molecule has 1 aromatic rings. The van der Waals surface area contributed by atoms with Gasteiger partial charge in [-0.1, -0.05) is 18.2 Å². The summed E-state index contributed by atoms with van der Waals surface area (Å²) in [7, 11) is 0.0441. The van der Waals surface area contributed by atoms with E-state index in [1.165, 1.54) is 6.08 Å². The van der Waals surface area contributed by atoms with Crippen LogP contribution < -0.4 is 0 Å². The van der Waals surface area contributed by atoms with Crippen molar-refractivity contribution in [2.45, 2.75) is 4.90 Å². The molecule has 0 aliphatic carbocycles. The molecule has 5 heteroatoms. The van der Waals surface area contributed by atoms with Crippen LogP contribution in [0.5, 0.6) is 0 Å². The van der Waals surface area contributed by atoms with Crippen molar-refractivity contribution >= 4 is 9.84 Å². The van der Waals surface area contributed by atoms with Gasteiger partial charge in [0.2, 0.25) is 0 Å². The second-order valence-corrected chi connectivity index (χ2v) is 5.72. The lowest BCUT2D eigenvalue weighted by molar-refractivity contribution is 0.532. The van der Waals surface area contributed by atoms with E-state index >= 15 is 0 Å². The summed E-state index contributed by atoms with van der Waals surface area (Å²) >= 11 is 0. The maximum absolute atomic E-state index is 11.9. The number of nitriles is 1. The Morgan fingerprint density at radius 2 is 1.94 bits per heavy atom. The van der Waals surface area contributed by atoms with E-state index in [2.05, 4.69) is 0 Å². The Kier molecular flexibility index (Phi) is 4.30. The number of hydrogen-bond donors (Lipinski definition) is 0. The summed E-state index contributed by atoms with van der Waals surface area (Å²) in [5.74, 6) is -0.169. The molecule has 0 aromatic heterocycles. The molecule has 0 saturated heterocycles. The van der Waals surface area contributed by atoms with Gasteiger partial charge in [-0.3, -0.25) is 0 Å². The van der Waals surface area contributed by atoms with E-state index in [1.54, 1.807) is 49.3 Å². The average molecular weight is 250 g/mol. The first-order valence-electron chi connectivity index (χ1n) is 5.03. The second-order valence-electron chi connectivity index (χ2n) is 3.69. The fraction of sp³-hybridized carbons (Fsp3) is 0.250. The maximum atomic E-state index is 11.9. The molecule has 0 saturated carbocycles. The molecule has 0 fully saturated rings. The molecular weight excluding hydrogens is 236 g/mol. The van der Waals surface area contributed by atoms with Crippen LogP contribution >= 0.6 is 0 Å². The lowest BCUT2D eigenvalue weighted by atomic mass is 10.4. The summed E-state index contributed by atoms with van der Waals surface area (Å²) in [6.07, 6.45) is 1.42. The summed E-state index contributed by atoms with van der Waals surface area (Å²) in [6, 6.07) is 10.1. The van der Waals surface area contributed by atoms with Gasteiger partial charge in [0.25, 0.3) is 0 Å². The van der Waals surface area contributed by atoms with Crippen molar-refractivity contribution in [3.63, 3.8) is 0 Å². The number of benzene rings is 1. The molecule has 1 aromatic carbocycles. The van der Waals surface area contributed by atoms with E-state index in [4.69, 9.17) is 5.26 Å². The van der Waals surface area contributed by atoms with Gasteiger partial charge in [0.05, 0.1) is 10.6 Å². The largest absolute Gasteiger partial charge is 0.369 e. The van der Waals surface area contributed by atoms with Crippen molar-refractivity contribution in [2.75, 3.05) is 19.8 Å². The van der Waals surface area contributed by atoms with Crippen molar-refractivity contribution in [1.82, 2.24) is 4.90 Å². The van der Waals surface area contributed by atoms with Gasteiger partial charge < -0.3 is 4.90 Å². The predicted molar refractivity (Wildman–Crippen MR) is 65.9 cm³/mol. The van der Waals surface area contributed by atoms with Crippen LogP contribution in [0, 0.1) is 11.3 Å². The highest BCUT2D eigenvalue weighted by Crippen LogP contribution is 2.11. The molecule has 0 aliphatic rings. The normalized spacial score (nSPS) is 11.9. The Morgan fingerprint density at radius 3 is 2.41 bits per heavy atom. The SMILES string of the molecule is CN(C)/C(C#N)=C/CS(=O)(=O)c1ccccc1. The number of allylic oxidation sites excluding steroid dienone is 1. The molecule has 0 aliphatic heterocycles. The summed E-state index contributed by atoms with van der Waals surface area (Å²) in [4.78, 5) is 1.85. The standard InChI is InChI=1S/C12H14N2O2S/c1-14(2)11(10-13)8-9-17(15,16)12-6-4-3-5-7-12/h3-8H,9H2,1-2H3/b11-8+. The molecule has 1 rings (SSSR count). The zero-order valence-electron chi connectivity index (χ0n) is 9.79. The van der Waals surface area contributed by atoms with E-state index in [-0.39, 0.29) is 10.6 Å². The molecule has 0 spiro atoms. The first-order chi connectivity index (χ1) is 7.97. The van der Waals surface area contributed by atoms with Crippen LogP contribution in [0.15, 0.2) is 47.0 Å². The van der Waals surface area contributed by atoms with E-state index in [0.717, 1.165) is 0 Å². The number of rotatable bonds is 4. The predicted octanol–water partition coefficient (Wildman–Crippen LogP) is 1.43. The molecule has 17 heavy (non-hydrogen) atoms. The van der Waals surface area contributed by atoms with Gasteiger partial charge in [0, 0.05) is 14.1 Å². The first kappa shape index (κ1) is 13.3. The van der Waals surface area contributed by atoms with Crippen LogP contribution in [0.2, 0.25) is 0 Å². The van der Waals surface area contributed by atoms with Crippen LogP contribution in [-0.2, 0) is 9.84 Å². The average Bonchev–Trinajstić information content (AvgIpc) is 2.30. The minimum atomic E-state index is -3.35. The van der Waals surface area contributed by atoms with Crippen LogP contribution in [0.3, 0.4) is 0 Å². The second kappa shape index (κ2) is 5.51. The maximum Gasteiger partial charge on any atom is 0.182 e. The van der Waals surface area contributed by atoms with Crippen molar-refractivity contribution in [2.24, 2.45) is 0 Å². The molecule has 0 bridgehead atoms. The molecule has 0 amide bonds. The topological polar surface area (TPSA) is 61.2 Å². The van der Waals surface area contributed by atoms with Gasteiger partial charge in [-0.2, -0.15) is 5.26 Å². The lowest BCUT2D eigenvalue weighted by Gasteiger charge is -2.09. The Balaban J connectivity index is 2.94. The number of sulfone groups is 1. The highest BCUT2D eigenvalue weighted by atomic mass is 32.2. The van der Waals surface area contributed by atoms with Gasteiger partial charge in [-0.05, 0) is 18.2 Å². The summed E-state index contributed by atoms with van der Waals surface area (Å²) in [5, 5.41) is 8.81. The minimum absolute atomic E-state index is 0.169. The summed E-state index contributed by atoms with van der Waals surface area (Å²) < 4.78 is 23.8. The van der Waals surface area contributed by atoms with E-state index in [1.807, 2.05) is 6.07 Å². The smallest absolute Gasteiger partial charge is 0.182 e. The zero-order chi connectivity index (χ0) is 12.9. The Hall–Kier alpha value is -1.80. The quantitative estimate of drug-likeness (QED) is 0.758. The van der Waals surface area contributed by atoms with Gasteiger partial charge in [0.15, 0.2) is 9.84 Å². The molecular formula is C12H14N2O2S. The minimum Gasteiger partial charge on any atom is -0.369 e. The van der Waals surface area contributed by atoms with Gasteiger partial charge in [-0.15, -0.1) is 0 Å². The first-order valence-corrected chi connectivity index (χ1v) is 6.68. The fourth-order valence-electron chi connectivity index (χ4n) is 1.24. The third kappa shape index (κ3) is 3.61. The molecule has 0 heterocycles. The van der Waals surface area contributed by atoms with Crippen LogP contribution in [0.25, 0.3) is 0 Å². The van der Waals surface area contributed by atoms with Crippen LogP contribution in [0.1, 0.15) is 0 Å². The van der Waals surface area contributed by atoms with Crippen LogP contribution in [0.4, 0.5) is 0 Å². The van der Waals surface area contributed by atoms with Crippen molar-refractivity contribution in [3.05, 3.63) is 42.1 Å². The third-order valence-corrected chi connectivity index (χ3v) is 3.79. The van der Waals surface area contributed by atoms with Crippen LogP contribution in [-0.4, -0.2) is 33.2 Å². The molecule has 0 N–H and O–H groups in total. The highest BCUT2D eigenvalue weighted by molar-refractivity contribution is 7.91. The Labute approximate surface area is 102 Å². The fourth-order valence-corrected chi connectivity index (χ4v) is 2.38. The summed E-state index contributed by atoms with van der Waals surface area (Å²) in [6.45, 7) is 0. The van der Waals surface area contributed by atoms with Crippen molar-refractivity contribution < 1.29 is 8.42 Å². The third-order valence-electron chi connectivity index (χ3n) is 2.19. The molecule has 0 atom stereocenters. The summed E-state index contributed by atoms with van der Waals surface area (Å²) in [5.41, 5.74) is 0.338. The monoisotopic (exact) mass is 250 g/mol. The van der Waals surface area contributed by atoms with E-state index in [0.29, 0.717) is 5.70 Å². The number of hydrogen-bond acceptors (Lipinski definition) is 4. The van der Waals surface area contributed by atoms with Crippen molar-refractivity contribution in [3.8, 4) is 6.07 Å². The Morgan fingerprint density at radius 1 is 1.35 bits per heavy atom. The van der Waals surface area contributed by atoms with Crippen molar-refractivity contribution in [1.29, 1.82) is 5.26 Å². The van der Waals surface area contributed by atoms with Gasteiger partial charge >= 0.3 is 0 Å². The van der Waals surface area contributed by atoms with E-state index in [9.17, 15) is 8.42 Å². The zero-order valence-corrected chi connectivity index (χ0v) is 10.6. The van der Waals surface area contributed by atoms with Gasteiger partial charge in [-0.25, -0.2) is 8.42 Å². The molecule has 0 unspecified atom stereocenters. The lowest BCUT2D eigenvalue weighted by Crippen LogP contribution is -2.12. The Bertz CT molecular complexity index is 540. The molecule has 90 valence electrons. The molecule has 4 nitrogen and oxygen atoms in total. The number of nitrogens with zero attached hydrogens (tertiary/aromatic N) is 2. The highest BCUT2D eigenvalue weighted by Gasteiger charge is 2.12. The van der Waals surface area contributed by atoms with E-state index < -0.39 is 9.84 Å².